The van der Waals surface area contributed by atoms with Gasteiger partial charge in [0.1, 0.15) is 9.96 Å². The van der Waals surface area contributed by atoms with Crippen LogP contribution in [-0.4, -0.2) is 52.6 Å². The van der Waals surface area contributed by atoms with Crippen molar-refractivity contribution in [3.05, 3.63) is 47.3 Å². The summed E-state index contributed by atoms with van der Waals surface area (Å²) >= 11 is 1.20. The van der Waals surface area contributed by atoms with Crippen molar-refractivity contribution in [3.63, 3.8) is 0 Å². The highest BCUT2D eigenvalue weighted by Gasteiger charge is 2.14. The van der Waals surface area contributed by atoms with E-state index in [9.17, 15) is 8.42 Å². The second-order valence-corrected chi connectivity index (χ2v) is 8.94. The monoisotopic (exact) mass is 424 g/mol. The van der Waals surface area contributed by atoms with Crippen LogP contribution in [-0.2, 0) is 16.6 Å². The van der Waals surface area contributed by atoms with Crippen molar-refractivity contribution in [2.75, 3.05) is 33.3 Å². The lowest BCUT2D eigenvalue weighted by atomic mass is 10.2. The zero-order valence-corrected chi connectivity index (χ0v) is 18.1. The lowest BCUT2D eigenvalue weighted by molar-refractivity contribution is 0.340. The van der Waals surface area contributed by atoms with Gasteiger partial charge < -0.3 is 15.0 Å². The Morgan fingerprint density at radius 3 is 2.57 bits per heavy atom. The van der Waals surface area contributed by atoms with Crippen molar-refractivity contribution in [2.45, 2.75) is 24.6 Å². The molecule has 9 heteroatoms. The highest BCUT2D eigenvalue weighted by atomic mass is 32.2. The number of nitrogens with one attached hydrogen (secondary N) is 2. The summed E-state index contributed by atoms with van der Waals surface area (Å²) in [5.74, 6) is 1.58. The zero-order valence-electron chi connectivity index (χ0n) is 16.5. The van der Waals surface area contributed by atoms with Crippen molar-refractivity contribution in [3.8, 4) is 5.75 Å². The fourth-order valence-corrected chi connectivity index (χ4v) is 4.56. The molecule has 1 aromatic heterocycles. The van der Waals surface area contributed by atoms with Gasteiger partial charge in [-0.05, 0) is 43.0 Å². The van der Waals surface area contributed by atoms with E-state index in [2.05, 4.69) is 15.0 Å². The number of aliphatic imine (C=N–C) groups is 1. The molecule has 0 atom stereocenters. The molecule has 2 N–H and O–H groups in total. The van der Waals surface area contributed by atoms with Gasteiger partial charge in [0.25, 0.3) is 0 Å². The molecule has 0 spiro atoms. The van der Waals surface area contributed by atoms with E-state index in [0.717, 1.165) is 23.8 Å². The molecule has 0 bridgehead atoms. The number of ether oxygens (including phenoxy) is 1. The highest BCUT2D eigenvalue weighted by molar-refractivity contribution is 7.91. The molecule has 2 rings (SSSR count). The molecule has 0 saturated heterocycles. The lowest BCUT2D eigenvalue weighted by Crippen LogP contribution is -2.39. The van der Waals surface area contributed by atoms with Crippen LogP contribution in [0.3, 0.4) is 0 Å². The highest BCUT2D eigenvalue weighted by Crippen LogP contribution is 2.15. The summed E-state index contributed by atoms with van der Waals surface area (Å²) in [6.07, 6.45) is 0. The smallest absolute Gasteiger partial charge is 0.250 e. The van der Waals surface area contributed by atoms with Crippen LogP contribution in [0.5, 0.6) is 5.75 Å². The van der Waals surface area contributed by atoms with Gasteiger partial charge in [0, 0.05) is 26.7 Å². The number of guanidine groups is 1. The van der Waals surface area contributed by atoms with E-state index in [1.807, 2.05) is 50.1 Å². The molecule has 1 aromatic carbocycles. The first-order valence-corrected chi connectivity index (χ1v) is 11.6. The van der Waals surface area contributed by atoms with E-state index in [4.69, 9.17) is 4.74 Å². The first-order valence-electron chi connectivity index (χ1n) is 9.20. The van der Waals surface area contributed by atoms with E-state index in [-0.39, 0.29) is 6.54 Å². The van der Waals surface area contributed by atoms with Gasteiger partial charge in [-0.15, -0.1) is 11.3 Å². The minimum Gasteiger partial charge on any atom is -0.494 e. The number of hydrogen-bond acceptors (Lipinski definition) is 5. The minimum atomic E-state index is -3.45. The van der Waals surface area contributed by atoms with Crippen LogP contribution in [0.2, 0.25) is 0 Å². The molecular formula is C19H28N4O3S2. The fraction of sp³-hybridized carbons (Fsp3) is 0.421. The first-order chi connectivity index (χ1) is 13.5. The molecule has 154 valence electrons. The Morgan fingerprint density at radius 2 is 1.96 bits per heavy atom. The number of thiophene rings is 1. The van der Waals surface area contributed by atoms with Crippen LogP contribution in [0.15, 0.2) is 51.0 Å². The number of nitrogens with zero attached hydrogens (tertiary/aromatic N) is 2. The summed E-state index contributed by atoms with van der Waals surface area (Å²) < 4.78 is 32.6. The predicted octanol–water partition coefficient (Wildman–Crippen LogP) is 2.52. The average molecular weight is 425 g/mol. The van der Waals surface area contributed by atoms with Crippen molar-refractivity contribution in [1.29, 1.82) is 0 Å². The summed E-state index contributed by atoms with van der Waals surface area (Å²) in [5.41, 5.74) is 1.13. The van der Waals surface area contributed by atoms with Gasteiger partial charge in [0.05, 0.1) is 13.2 Å². The molecular weight excluding hydrogens is 396 g/mol. The number of hydrogen-bond donors (Lipinski definition) is 2. The van der Waals surface area contributed by atoms with Crippen molar-refractivity contribution < 1.29 is 13.2 Å². The Labute approximate surface area is 171 Å². The van der Waals surface area contributed by atoms with Crippen LogP contribution < -0.4 is 14.8 Å². The van der Waals surface area contributed by atoms with Gasteiger partial charge in [-0.3, -0.25) is 4.99 Å². The minimum absolute atomic E-state index is 0.242. The summed E-state index contributed by atoms with van der Waals surface area (Å²) in [7, 11) is -1.50. The third-order valence-corrected chi connectivity index (χ3v) is 6.63. The Morgan fingerprint density at radius 1 is 1.21 bits per heavy atom. The normalized spacial score (nSPS) is 12.0. The number of sulfonamides is 1. The third kappa shape index (κ3) is 6.81. The molecule has 0 radical (unpaired) electrons. The largest absolute Gasteiger partial charge is 0.494 e. The maximum Gasteiger partial charge on any atom is 0.250 e. The summed E-state index contributed by atoms with van der Waals surface area (Å²) in [6, 6.07) is 11.3. The molecule has 2 aromatic rings. The van der Waals surface area contributed by atoms with Crippen molar-refractivity contribution in [2.24, 2.45) is 4.99 Å². The lowest BCUT2D eigenvalue weighted by Gasteiger charge is -2.22. The van der Waals surface area contributed by atoms with E-state index in [1.54, 1.807) is 17.5 Å². The Kier molecular flexibility index (Phi) is 8.75. The van der Waals surface area contributed by atoms with Crippen molar-refractivity contribution in [1.82, 2.24) is 14.9 Å². The summed E-state index contributed by atoms with van der Waals surface area (Å²) in [4.78, 5) is 6.53. The summed E-state index contributed by atoms with van der Waals surface area (Å²) in [5, 5.41) is 4.98. The molecule has 0 fully saturated rings. The predicted molar refractivity (Wildman–Crippen MR) is 115 cm³/mol. The van der Waals surface area contributed by atoms with E-state index in [1.165, 1.54) is 11.3 Å². The third-order valence-electron chi connectivity index (χ3n) is 3.78. The Hall–Kier alpha value is -2.10. The molecule has 0 aliphatic rings. The SMILES string of the molecule is CCNC(=NCCNS(=O)(=O)c1cccs1)N(C)Cc1ccc(OCC)cc1. The topological polar surface area (TPSA) is 83.0 Å². The maximum atomic E-state index is 12.1. The van der Waals surface area contributed by atoms with Gasteiger partial charge in [-0.2, -0.15) is 0 Å². The van der Waals surface area contributed by atoms with Crippen LogP contribution in [0, 0.1) is 0 Å². The molecule has 0 saturated carbocycles. The Bertz CT molecular complexity index is 835. The quantitative estimate of drug-likeness (QED) is 0.348. The molecule has 0 aliphatic carbocycles. The van der Waals surface area contributed by atoms with Crippen LogP contribution in [0.4, 0.5) is 0 Å². The number of rotatable bonds is 10. The second-order valence-electron chi connectivity index (χ2n) is 6.00. The average Bonchev–Trinajstić information content (AvgIpc) is 3.22. The van der Waals surface area contributed by atoms with Crippen LogP contribution in [0.25, 0.3) is 0 Å². The molecule has 7 nitrogen and oxygen atoms in total. The van der Waals surface area contributed by atoms with Gasteiger partial charge in [0.2, 0.25) is 10.0 Å². The van der Waals surface area contributed by atoms with E-state index < -0.39 is 10.0 Å². The van der Waals surface area contributed by atoms with Crippen molar-refractivity contribution >= 4 is 27.3 Å². The standard InChI is InChI=1S/C19H28N4O3S2/c1-4-20-19(21-12-13-22-28(24,25)18-7-6-14-27-18)23(3)15-16-8-10-17(11-9-16)26-5-2/h6-11,14,22H,4-5,12-13,15H2,1-3H3,(H,20,21). The van der Waals surface area contributed by atoms with Gasteiger partial charge in [-0.1, -0.05) is 18.2 Å². The molecule has 0 aliphatic heterocycles. The van der Waals surface area contributed by atoms with E-state index in [0.29, 0.717) is 23.9 Å². The van der Waals surface area contributed by atoms with Gasteiger partial charge in [-0.25, -0.2) is 13.1 Å². The second kappa shape index (κ2) is 11.0. The zero-order chi connectivity index (χ0) is 20.4. The molecule has 0 amide bonds. The molecule has 1 heterocycles. The van der Waals surface area contributed by atoms with E-state index >= 15 is 0 Å². The fourth-order valence-electron chi connectivity index (χ4n) is 2.51. The Balaban J connectivity index is 1.91. The summed E-state index contributed by atoms with van der Waals surface area (Å²) in [6.45, 7) is 6.60. The first kappa shape index (κ1) is 22.2. The number of benzene rings is 1. The molecule has 0 unspecified atom stereocenters. The maximum absolute atomic E-state index is 12.1. The van der Waals surface area contributed by atoms with Gasteiger partial charge >= 0.3 is 0 Å². The van der Waals surface area contributed by atoms with Crippen LogP contribution in [0.1, 0.15) is 19.4 Å². The van der Waals surface area contributed by atoms with Crippen LogP contribution >= 0.6 is 11.3 Å². The molecule has 28 heavy (non-hydrogen) atoms. The van der Waals surface area contributed by atoms with Gasteiger partial charge in [0.15, 0.2) is 5.96 Å².